The molecule has 276 valence electrons. The second kappa shape index (κ2) is 18.5. The molecule has 1 atom stereocenters. The number of β-amino-alcohol motifs (C(OH)–C–C–N with tert-alkyl or cyclic N) is 1. The highest BCUT2D eigenvalue weighted by atomic mass is 35.5. The molecule has 11 heteroatoms. The molecule has 53 heavy (non-hydrogen) atoms. The number of rotatable bonds is 17. The molecule has 0 saturated carbocycles. The molecule has 0 spiro atoms. The Morgan fingerprint density at radius 1 is 0.962 bits per heavy atom. The molecule has 9 nitrogen and oxygen atoms in total. The summed E-state index contributed by atoms with van der Waals surface area (Å²) in [7, 11) is 0. The van der Waals surface area contributed by atoms with Gasteiger partial charge in [0.05, 0.1) is 34.5 Å². The maximum Gasteiger partial charge on any atom is 0.142 e. The number of hydrogen-bond acceptors (Lipinski definition) is 10. The third-order valence-electron chi connectivity index (χ3n) is 9.65. The predicted octanol–water partition coefficient (Wildman–Crippen LogP) is 7.98. The highest BCUT2D eigenvalue weighted by Gasteiger charge is 2.20. The first-order valence-corrected chi connectivity index (χ1v) is 19.3. The van der Waals surface area contributed by atoms with Crippen molar-refractivity contribution in [1.82, 2.24) is 20.2 Å². The average Bonchev–Trinajstić information content (AvgIpc) is 3.78. The molecule has 3 heterocycles. The van der Waals surface area contributed by atoms with Crippen molar-refractivity contribution in [1.29, 1.82) is 5.26 Å². The molecule has 1 saturated heterocycles. The van der Waals surface area contributed by atoms with Crippen LogP contribution in [0.4, 0.5) is 0 Å². The Balaban J connectivity index is 1.14. The number of thiazole rings is 1. The number of pyridine rings is 1. The van der Waals surface area contributed by atoms with E-state index in [9.17, 15) is 10.4 Å². The van der Waals surface area contributed by atoms with Gasteiger partial charge < -0.3 is 29.5 Å². The lowest BCUT2D eigenvalue weighted by Gasteiger charge is -2.19. The maximum absolute atomic E-state index is 9.80. The largest absolute Gasteiger partial charge is 0.493 e. The molecular formula is C42H46ClN5O4S. The van der Waals surface area contributed by atoms with Crippen LogP contribution in [0.1, 0.15) is 56.8 Å². The van der Waals surface area contributed by atoms with Gasteiger partial charge in [0.15, 0.2) is 0 Å². The number of hydrogen-bond donors (Lipinski definition) is 2. The van der Waals surface area contributed by atoms with Crippen LogP contribution in [-0.2, 0) is 26.2 Å². The van der Waals surface area contributed by atoms with Crippen LogP contribution in [0.25, 0.3) is 11.1 Å². The molecule has 1 aliphatic rings. The topological polar surface area (TPSA) is 113 Å². The fourth-order valence-corrected chi connectivity index (χ4v) is 7.60. The van der Waals surface area contributed by atoms with E-state index < -0.39 is 0 Å². The Kier molecular flexibility index (Phi) is 13.3. The molecule has 2 N–H and O–H groups in total. The van der Waals surface area contributed by atoms with E-state index in [1.165, 1.54) is 11.1 Å². The van der Waals surface area contributed by atoms with Gasteiger partial charge in [-0.3, -0.25) is 4.98 Å². The van der Waals surface area contributed by atoms with E-state index in [2.05, 4.69) is 64.4 Å². The Morgan fingerprint density at radius 3 is 2.55 bits per heavy atom. The van der Waals surface area contributed by atoms with Crippen LogP contribution in [0.15, 0.2) is 72.5 Å². The molecule has 0 radical (unpaired) electrons. The molecule has 5 aromatic rings. The normalized spacial score (nSPS) is 14.3. The zero-order chi connectivity index (χ0) is 37.2. The van der Waals surface area contributed by atoms with Crippen molar-refractivity contribution in [3.63, 3.8) is 0 Å². The van der Waals surface area contributed by atoms with E-state index in [4.69, 9.17) is 25.8 Å². The van der Waals surface area contributed by atoms with Crippen molar-refractivity contribution < 1.29 is 19.3 Å². The molecule has 6 rings (SSSR count). The van der Waals surface area contributed by atoms with Gasteiger partial charge in [-0.15, -0.1) is 11.3 Å². The van der Waals surface area contributed by atoms with E-state index in [0.717, 1.165) is 95.8 Å². The number of aryl methyl sites for hydroxylation is 1. The van der Waals surface area contributed by atoms with Crippen molar-refractivity contribution in [2.75, 3.05) is 32.8 Å². The lowest BCUT2D eigenvalue weighted by molar-refractivity contribution is 0.173. The highest BCUT2D eigenvalue weighted by molar-refractivity contribution is 7.09. The number of ether oxygens (including phenoxy) is 3. The minimum atomic E-state index is -0.200. The molecule has 3 aromatic carbocycles. The summed E-state index contributed by atoms with van der Waals surface area (Å²) in [5, 5.41) is 23.2. The summed E-state index contributed by atoms with van der Waals surface area (Å²) in [5.41, 5.74) is 10.6. The highest BCUT2D eigenvalue weighted by Crippen LogP contribution is 2.36. The summed E-state index contributed by atoms with van der Waals surface area (Å²) in [6.45, 7) is 11.4. The number of aromatic nitrogens is 2. The third kappa shape index (κ3) is 10.1. The van der Waals surface area contributed by atoms with Gasteiger partial charge in [-0.05, 0) is 86.1 Å². The van der Waals surface area contributed by atoms with Gasteiger partial charge in [0.1, 0.15) is 36.5 Å². The number of nitriles is 1. The van der Waals surface area contributed by atoms with Crippen molar-refractivity contribution >= 4 is 22.9 Å². The minimum Gasteiger partial charge on any atom is -0.493 e. The zero-order valence-electron chi connectivity index (χ0n) is 30.5. The monoisotopic (exact) mass is 751 g/mol. The Labute approximate surface area is 321 Å². The second-order valence-electron chi connectivity index (χ2n) is 13.4. The SMILES string of the molecule is Cc1ncsc1CCNCc1cc(Cl)c(OCc2cccc(-c3cccc(OCCCN4CCC(O)C4)c3C)c2C)cc1OCc1cncc(C#N)c1. The quantitative estimate of drug-likeness (QED) is 0.0914. The van der Waals surface area contributed by atoms with Gasteiger partial charge in [0.2, 0.25) is 0 Å². The van der Waals surface area contributed by atoms with E-state index in [0.29, 0.717) is 41.8 Å². The third-order valence-corrected chi connectivity index (χ3v) is 10.9. The van der Waals surface area contributed by atoms with Crippen molar-refractivity contribution in [3.05, 3.63) is 121 Å². The van der Waals surface area contributed by atoms with Gasteiger partial charge in [0, 0.05) is 67.2 Å². The smallest absolute Gasteiger partial charge is 0.142 e. The second-order valence-corrected chi connectivity index (χ2v) is 14.8. The summed E-state index contributed by atoms with van der Waals surface area (Å²) < 4.78 is 19.0. The van der Waals surface area contributed by atoms with Gasteiger partial charge in [-0.2, -0.15) is 5.26 Å². The summed E-state index contributed by atoms with van der Waals surface area (Å²) in [5.74, 6) is 2.05. The van der Waals surface area contributed by atoms with E-state index in [-0.39, 0.29) is 12.7 Å². The van der Waals surface area contributed by atoms with Crippen molar-refractivity contribution in [2.24, 2.45) is 0 Å². The van der Waals surface area contributed by atoms with E-state index in [1.807, 2.05) is 36.7 Å². The van der Waals surface area contributed by atoms with Crippen LogP contribution in [0.5, 0.6) is 17.2 Å². The lowest BCUT2D eigenvalue weighted by Crippen LogP contribution is -2.24. The first-order chi connectivity index (χ1) is 25.8. The number of likely N-dealkylation sites (tertiary alicyclic amines) is 1. The molecule has 2 aromatic heterocycles. The molecule has 1 aliphatic heterocycles. The van der Waals surface area contributed by atoms with Gasteiger partial charge in [-0.25, -0.2) is 4.98 Å². The zero-order valence-corrected chi connectivity index (χ0v) is 32.1. The number of benzene rings is 3. The fraction of sp³-hybridized carbons (Fsp3) is 0.357. The number of nitrogens with one attached hydrogen (secondary N) is 1. The standard InChI is InChI=1S/C42H46ClN5O4S/c1-28-33(7-4-8-36(28)37-9-5-10-39(29(37)2)50-16-6-14-48-15-12-35(49)24-48)26-52-41-19-40(51-25-32-17-31(20-44)21-46-22-32)34(18-38(41)43)23-45-13-11-42-30(3)47-27-53-42/h4-5,7-10,17-19,21-22,27,35,45,49H,6,11-16,23-26H2,1-3H3. The molecular weight excluding hydrogens is 706 g/mol. The van der Waals surface area contributed by atoms with Gasteiger partial charge in [0.25, 0.3) is 0 Å². The summed E-state index contributed by atoms with van der Waals surface area (Å²) in [6.07, 6.45) is 5.68. The Bertz CT molecular complexity index is 2050. The van der Waals surface area contributed by atoms with E-state index >= 15 is 0 Å². The van der Waals surface area contributed by atoms with Crippen LogP contribution in [0.2, 0.25) is 5.02 Å². The molecule has 0 bridgehead atoms. The number of nitrogens with zero attached hydrogens (tertiary/aromatic N) is 4. The number of halogens is 1. The van der Waals surface area contributed by atoms with Crippen molar-refractivity contribution in [2.45, 2.75) is 65.9 Å². The van der Waals surface area contributed by atoms with Crippen LogP contribution < -0.4 is 19.5 Å². The Morgan fingerprint density at radius 2 is 1.77 bits per heavy atom. The first kappa shape index (κ1) is 38.2. The molecule has 1 unspecified atom stereocenters. The van der Waals surface area contributed by atoms with Gasteiger partial charge in [-0.1, -0.05) is 41.9 Å². The predicted molar refractivity (Wildman–Crippen MR) is 210 cm³/mol. The average molecular weight is 752 g/mol. The molecule has 0 amide bonds. The lowest BCUT2D eigenvalue weighted by atomic mass is 9.93. The molecule has 1 fully saturated rings. The van der Waals surface area contributed by atoms with Crippen LogP contribution in [0.3, 0.4) is 0 Å². The summed E-state index contributed by atoms with van der Waals surface area (Å²) >= 11 is 8.52. The summed E-state index contributed by atoms with van der Waals surface area (Å²) in [6, 6.07) is 20.1. The fourth-order valence-electron chi connectivity index (χ4n) is 6.57. The van der Waals surface area contributed by atoms with Crippen LogP contribution in [-0.4, -0.2) is 58.9 Å². The molecule has 0 aliphatic carbocycles. The van der Waals surface area contributed by atoms with Crippen LogP contribution in [0, 0.1) is 32.1 Å². The van der Waals surface area contributed by atoms with Crippen molar-refractivity contribution in [3.8, 4) is 34.4 Å². The van der Waals surface area contributed by atoms with E-state index in [1.54, 1.807) is 23.6 Å². The minimum absolute atomic E-state index is 0.200. The van der Waals surface area contributed by atoms with Gasteiger partial charge >= 0.3 is 0 Å². The van der Waals surface area contributed by atoms with Crippen LogP contribution >= 0.6 is 22.9 Å². The summed E-state index contributed by atoms with van der Waals surface area (Å²) in [4.78, 5) is 12.1. The maximum atomic E-state index is 9.80. The Hall–Kier alpha value is -4.50. The number of aliphatic hydroxyl groups is 1. The number of aliphatic hydroxyl groups excluding tert-OH is 1. The first-order valence-electron chi connectivity index (χ1n) is 18.0.